The van der Waals surface area contributed by atoms with E-state index in [1.165, 1.54) is 0 Å². The van der Waals surface area contributed by atoms with Crippen LogP contribution in [-0.2, 0) is 11.4 Å². The number of nitrogens with zero attached hydrogens (tertiary/aromatic N) is 3. The Labute approximate surface area is 230 Å². The Morgan fingerprint density at radius 1 is 1.05 bits per heavy atom. The summed E-state index contributed by atoms with van der Waals surface area (Å²) in [6.45, 7) is 5.11. The second-order valence-corrected chi connectivity index (χ2v) is 9.69. The summed E-state index contributed by atoms with van der Waals surface area (Å²) in [6, 6.07) is 23.3. The fourth-order valence-corrected chi connectivity index (χ4v) is 4.89. The molecule has 0 aromatic heterocycles. The Bertz CT molecular complexity index is 1320. The van der Waals surface area contributed by atoms with E-state index in [2.05, 4.69) is 39.0 Å². The molecule has 8 heteroatoms. The highest BCUT2D eigenvalue weighted by atomic mass is 79.9. The van der Waals surface area contributed by atoms with Crippen LogP contribution in [0.25, 0.3) is 6.08 Å². The van der Waals surface area contributed by atoms with Gasteiger partial charge in [-0.05, 0) is 64.8 Å². The topological polar surface area (TPSA) is 65.8 Å². The summed E-state index contributed by atoms with van der Waals surface area (Å²) in [5.74, 6) is 0.764. The molecule has 0 aliphatic carbocycles. The monoisotopic (exact) mass is 579 g/mol. The number of carbonyl (C=O) groups excluding carboxylic acids is 1. The van der Waals surface area contributed by atoms with Gasteiger partial charge in [-0.3, -0.25) is 4.79 Å². The zero-order chi connectivity index (χ0) is 26.2. The van der Waals surface area contributed by atoms with Gasteiger partial charge in [0.2, 0.25) is 0 Å². The van der Waals surface area contributed by atoms with Crippen molar-refractivity contribution in [2.24, 2.45) is 0 Å². The number of ether oxygens (including phenoxy) is 2. The van der Waals surface area contributed by atoms with E-state index in [9.17, 15) is 10.1 Å². The summed E-state index contributed by atoms with van der Waals surface area (Å²) in [5, 5.41) is 10.4. The molecule has 37 heavy (non-hydrogen) atoms. The number of benzene rings is 3. The first-order valence-corrected chi connectivity index (χ1v) is 13.2. The molecule has 0 bridgehead atoms. The third kappa shape index (κ3) is 6.65. The molecule has 0 saturated carbocycles. The number of para-hydroxylation sites is 1. The largest absolute Gasteiger partial charge is 0.490 e. The standard InChI is InChI=1S/C29H27BrClN3O3/c1-2-36-27-18-21(17-25(30)28(27)37-20-22-8-6-7-11-26(22)31)16-23(19-32)29(35)34-14-12-33(13-15-34)24-9-4-3-5-10-24/h3-11,16-18H,2,12-15,20H2,1H3/b23-16-. The predicted molar refractivity (Wildman–Crippen MR) is 150 cm³/mol. The van der Waals surface area contributed by atoms with E-state index in [1.54, 1.807) is 17.0 Å². The Morgan fingerprint density at radius 2 is 1.76 bits per heavy atom. The highest BCUT2D eigenvalue weighted by molar-refractivity contribution is 9.10. The smallest absolute Gasteiger partial charge is 0.264 e. The summed E-state index contributed by atoms with van der Waals surface area (Å²) < 4.78 is 12.5. The zero-order valence-electron chi connectivity index (χ0n) is 20.5. The predicted octanol–water partition coefficient (Wildman–Crippen LogP) is 6.34. The molecule has 1 fully saturated rings. The lowest BCUT2D eigenvalue weighted by atomic mass is 10.1. The average molecular weight is 581 g/mol. The number of halogens is 2. The Morgan fingerprint density at radius 3 is 2.43 bits per heavy atom. The van der Waals surface area contributed by atoms with Crippen LogP contribution in [0, 0.1) is 11.3 Å². The van der Waals surface area contributed by atoms with Crippen molar-refractivity contribution < 1.29 is 14.3 Å². The van der Waals surface area contributed by atoms with Gasteiger partial charge >= 0.3 is 0 Å². The van der Waals surface area contributed by atoms with Gasteiger partial charge in [-0.25, -0.2) is 0 Å². The lowest BCUT2D eigenvalue weighted by Gasteiger charge is -2.36. The van der Waals surface area contributed by atoms with E-state index >= 15 is 0 Å². The first kappa shape index (κ1) is 26.6. The number of piperazine rings is 1. The van der Waals surface area contributed by atoms with E-state index in [-0.39, 0.29) is 18.1 Å². The zero-order valence-corrected chi connectivity index (χ0v) is 22.8. The van der Waals surface area contributed by atoms with Crippen LogP contribution >= 0.6 is 27.5 Å². The van der Waals surface area contributed by atoms with Crippen molar-refractivity contribution in [1.82, 2.24) is 4.90 Å². The first-order valence-electron chi connectivity index (χ1n) is 12.0. The van der Waals surface area contributed by atoms with E-state index in [0.717, 1.165) is 11.3 Å². The summed E-state index contributed by atoms with van der Waals surface area (Å²) >= 11 is 9.83. The number of carbonyl (C=O) groups is 1. The molecular weight excluding hydrogens is 554 g/mol. The van der Waals surface area contributed by atoms with Gasteiger partial charge in [0.05, 0.1) is 11.1 Å². The third-order valence-electron chi connectivity index (χ3n) is 6.01. The second kappa shape index (κ2) is 12.7. The highest BCUT2D eigenvalue weighted by Gasteiger charge is 2.24. The molecule has 0 N–H and O–H groups in total. The van der Waals surface area contributed by atoms with Crippen LogP contribution in [0.3, 0.4) is 0 Å². The highest BCUT2D eigenvalue weighted by Crippen LogP contribution is 2.38. The molecule has 6 nitrogen and oxygen atoms in total. The molecule has 1 aliphatic rings. The number of rotatable bonds is 8. The van der Waals surface area contributed by atoms with Gasteiger partial charge in [0.15, 0.2) is 11.5 Å². The van der Waals surface area contributed by atoms with Crippen molar-refractivity contribution in [3.8, 4) is 17.6 Å². The fourth-order valence-electron chi connectivity index (χ4n) is 4.13. The van der Waals surface area contributed by atoms with Crippen LogP contribution in [0.5, 0.6) is 11.5 Å². The van der Waals surface area contributed by atoms with Crippen molar-refractivity contribution in [3.63, 3.8) is 0 Å². The SMILES string of the molecule is CCOc1cc(/C=C(/C#N)C(=O)N2CCN(c3ccccc3)CC2)cc(Br)c1OCc1ccccc1Cl. The Hall–Kier alpha value is -3.47. The fraction of sp³-hybridized carbons (Fsp3) is 0.241. The third-order valence-corrected chi connectivity index (χ3v) is 6.97. The number of amides is 1. The number of hydrogen-bond donors (Lipinski definition) is 0. The molecule has 1 amide bonds. The molecule has 3 aromatic rings. The molecule has 0 radical (unpaired) electrons. The molecule has 3 aromatic carbocycles. The van der Waals surface area contributed by atoms with E-state index in [0.29, 0.717) is 59.3 Å². The van der Waals surface area contributed by atoms with Gasteiger partial charge in [0.1, 0.15) is 18.2 Å². The van der Waals surface area contributed by atoms with Gasteiger partial charge in [-0.15, -0.1) is 0 Å². The van der Waals surface area contributed by atoms with Crippen molar-refractivity contribution in [2.75, 3.05) is 37.7 Å². The molecular formula is C29H27BrClN3O3. The minimum atomic E-state index is -0.275. The average Bonchev–Trinajstić information content (AvgIpc) is 2.92. The van der Waals surface area contributed by atoms with Crippen LogP contribution < -0.4 is 14.4 Å². The lowest BCUT2D eigenvalue weighted by molar-refractivity contribution is -0.126. The molecule has 0 atom stereocenters. The number of nitriles is 1. The molecule has 190 valence electrons. The van der Waals surface area contributed by atoms with Crippen molar-refractivity contribution >= 4 is 45.2 Å². The lowest BCUT2D eigenvalue weighted by Crippen LogP contribution is -2.49. The normalized spacial score (nSPS) is 13.7. The second-order valence-electron chi connectivity index (χ2n) is 8.43. The van der Waals surface area contributed by atoms with Gasteiger partial charge in [-0.1, -0.05) is 48.0 Å². The molecule has 1 aliphatic heterocycles. The minimum absolute atomic E-state index is 0.0762. The molecule has 0 unspecified atom stereocenters. The van der Waals surface area contributed by atoms with Crippen LogP contribution in [0.1, 0.15) is 18.1 Å². The molecule has 0 spiro atoms. The maximum atomic E-state index is 13.2. The maximum Gasteiger partial charge on any atom is 0.264 e. The van der Waals surface area contributed by atoms with Crippen LogP contribution in [0.2, 0.25) is 5.02 Å². The molecule has 1 saturated heterocycles. The van der Waals surface area contributed by atoms with Gasteiger partial charge < -0.3 is 19.3 Å². The van der Waals surface area contributed by atoms with E-state index in [4.69, 9.17) is 21.1 Å². The van der Waals surface area contributed by atoms with Crippen LogP contribution in [-0.4, -0.2) is 43.6 Å². The van der Waals surface area contributed by atoms with Crippen molar-refractivity contribution in [1.29, 1.82) is 5.26 Å². The van der Waals surface area contributed by atoms with Gasteiger partial charge in [0.25, 0.3) is 5.91 Å². The summed E-state index contributed by atoms with van der Waals surface area (Å²) in [5.41, 5.74) is 2.73. The Kier molecular flexibility index (Phi) is 9.10. The summed E-state index contributed by atoms with van der Waals surface area (Å²) in [7, 11) is 0. The van der Waals surface area contributed by atoms with E-state index < -0.39 is 0 Å². The summed E-state index contributed by atoms with van der Waals surface area (Å²) in [6.07, 6.45) is 1.59. The Balaban J connectivity index is 1.49. The van der Waals surface area contributed by atoms with E-state index in [1.807, 2.05) is 55.5 Å². The van der Waals surface area contributed by atoms with Crippen LogP contribution in [0.4, 0.5) is 5.69 Å². The molecule has 4 rings (SSSR count). The van der Waals surface area contributed by atoms with Crippen LogP contribution in [0.15, 0.2) is 76.8 Å². The molecule has 1 heterocycles. The quantitative estimate of drug-likeness (QED) is 0.230. The minimum Gasteiger partial charge on any atom is -0.490 e. The van der Waals surface area contributed by atoms with Gasteiger partial charge in [-0.2, -0.15) is 5.26 Å². The first-order chi connectivity index (χ1) is 18.0. The number of hydrogen-bond acceptors (Lipinski definition) is 5. The van der Waals surface area contributed by atoms with Crippen molar-refractivity contribution in [2.45, 2.75) is 13.5 Å². The van der Waals surface area contributed by atoms with Crippen molar-refractivity contribution in [3.05, 3.63) is 92.9 Å². The summed E-state index contributed by atoms with van der Waals surface area (Å²) in [4.78, 5) is 17.1. The van der Waals surface area contributed by atoms with Gasteiger partial charge in [0, 0.05) is 42.5 Å². The maximum absolute atomic E-state index is 13.2. The number of anilines is 1.